The van der Waals surface area contributed by atoms with Crippen molar-refractivity contribution in [3.63, 3.8) is 0 Å². The Morgan fingerprint density at radius 2 is 2.22 bits per heavy atom. The van der Waals surface area contributed by atoms with Gasteiger partial charge in [-0.15, -0.1) is 0 Å². The van der Waals surface area contributed by atoms with Crippen molar-refractivity contribution in [1.29, 1.82) is 0 Å². The van der Waals surface area contributed by atoms with Gasteiger partial charge in [0.15, 0.2) is 5.69 Å². The van der Waals surface area contributed by atoms with E-state index in [1.54, 1.807) is 0 Å². The normalized spacial score (nSPS) is 18.8. The minimum absolute atomic E-state index is 0.0218. The van der Waals surface area contributed by atoms with Gasteiger partial charge in [-0.3, -0.25) is 9.59 Å². The van der Waals surface area contributed by atoms with Crippen LogP contribution in [0.3, 0.4) is 0 Å². The Morgan fingerprint density at radius 3 is 2.78 bits per heavy atom. The predicted molar refractivity (Wildman–Crippen MR) is 73.3 cm³/mol. The highest BCUT2D eigenvalue weighted by atomic mass is 19.4. The van der Waals surface area contributed by atoms with Crippen LogP contribution in [0.2, 0.25) is 0 Å². The molecule has 1 aliphatic rings. The van der Waals surface area contributed by atoms with Gasteiger partial charge in [0.05, 0.1) is 12.1 Å². The summed E-state index contributed by atoms with van der Waals surface area (Å²) < 4.78 is 37.6. The average Bonchev–Trinajstić information content (AvgIpc) is 3.05. The molecule has 0 unspecified atom stereocenters. The molecule has 0 saturated carbocycles. The number of aromatic amines is 1. The van der Waals surface area contributed by atoms with Gasteiger partial charge in [0.2, 0.25) is 5.91 Å². The number of nitrogens with one attached hydrogen (secondary N) is 1. The fraction of sp³-hybridized carbons (Fsp3) is 0.692. The summed E-state index contributed by atoms with van der Waals surface area (Å²) in [5.74, 6) is -1.57. The summed E-state index contributed by atoms with van der Waals surface area (Å²) in [6, 6.07) is 0. The van der Waals surface area contributed by atoms with Crippen LogP contribution in [0.5, 0.6) is 0 Å². The lowest BCUT2D eigenvalue weighted by Gasteiger charge is -2.34. The predicted octanol–water partition coefficient (Wildman–Crippen LogP) is 1.07. The maximum Gasteiger partial charge on any atom is 0.406 e. The number of piperidine rings is 1. The summed E-state index contributed by atoms with van der Waals surface area (Å²) in [6.45, 7) is 0.757. The maximum absolute atomic E-state index is 12.5. The second-order valence-electron chi connectivity index (χ2n) is 5.41. The van der Waals surface area contributed by atoms with Gasteiger partial charge in [0, 0.05) is 19.6 Å². The quantitative estimate of drug-likeness (QED) is 0.893. The molecule has 1 aromatic rings. The molecule has 1 aromatic heterocycles. The van der Waals surface area contributed by atoms with E-state index in [0.717, 1.165) is 4.90 Å². The average molecular weight is 333 g/mol. The largest absolute Gasteiger partial charge is 0.406 e. The molecule has 1 saturated heterocycles. The number of alkyl halides is 3. The van der Waals surface area contributed by atoms with Crippen LogP contribution in [0.15, 0.2) is 6.20 Å². The Balaban J connectivity index is 2.02. The number of hydrogen-bond acceptors (Lipinski definition) is 4. The topological polar surface area (TPSA) is 82.2 Å². The van der Waals surface area contributed by atoms with Crippen molar-refractivity contribution in [2.45, 2.75) is 25.9 Å². The number of rotatable bonds is 4. The maximum atomic E-state index is 12.5. The van der Waals surface area contributed by atoms with E-state index in [2.05, 4.69) is 15.4 Å². The number of aromatic nitrogens is 3. The molecule has 1 atom stereocenters. The molecule has 23 heavy (non-hydrogen) atoms. The fourth-order valence-corrected chi connectivity index (χ4v) is 2.65. The zero-order valence-electron chi connectivity index (χ0n) is 12.6. The van der Waals surface area contributed by atoms with Crippen molar-refractivity contribution < 1.29 is 22.8 Å². The molecule has 0 spiro atoms. The number of nitrogens with zero attached hydrogens (tertiary/aromatic N) is 4. The minimum atomic E-state index is -4.43. The van der Waals surface area contributed by atoms with E-state index in [1.165, 1.54) is 18.0 Å². The number of carbonyl (C=O) groups excluding carboxylic acids is 2. The first-order chi connectivity index (χ1) is 10.8. The Labute approximate surface area is 130 Å². The standard InChI is InChI=1S/C13H18F3N5O2/c1-2-20(8-13(14,15)16)11(22)9-4-3-5-21(7-9)12(23)10-6-17-19-18-10/h6,9H,2-5,7-8H2,1H3,(H,17,18,19)/t9-/m1/s1. The lowest BCUT2D eigenvalue weighted by Crippen LogP contribution is -2.48. The molecule has 1 fully saturated rings. The van der Waals surface area contributed by atoms with Crippen molar-refractivity contribution in [3.8, 4) is 0 Å². The van der Waals surface area contributed by atoms with Crippen molar-refractivity contribution in [2.75, 3.05) is 26.2 Å². The second kappa shape index (κ2) is 6.97. The van der Waals surface area contributed by atoms with Crippen molar-refractivity contribution >= 4 is 11.8 Å². The summed E-state index contributed by atoms with van der Waals surface area (Å²) in [4.78, 5) is 26.7. The summed E-state index contributed by atoms with van der Waals surface area (Å²) in [6.07, 6.45) is -2.13. The molecule has 0 aliphatic carbocycles. The molecule has 10 heteroatoms. The summed E-state index contributed by atoms with van der Waals surface area (Å²) in [5, 5.41) is 9.57. The molecule has 7 nitrogen and oxygen atoms in total. The van der Waals surface area contributed by atoms with E-state index in [4.69, 9.17) is 0 Å². The van der Waals surface area contributed by atoms with Crippen LogP contribution >= 0.6 is 0 Å². The lowest BCUT2D eigenvalue weighted by atomic mass is 9.96. The second-order valence-corrected chi connectivity index (χ2v) is 5.41. The van der Waals surface area contributed by atoms with Gasteiger partial charge in [-0.1, -0.05) is 0 Å². The highest BCUT2D eigenvalue weighted by Crippen LogP contribution is 2.23. The molecule has 1 aliphatic heterocycles. The monoisotopic (exact) mass is 333 g/mol. The first-order valence-electron chi connectivity index (χ1n) is 7.32. The highest BCUT2D eigenvalue weighted by molar-refractivity contribution is 5.92. The number of H-pyrrole nitrogens is 1. The summed E-state index contributed by atoms with van der Waals surface area (Å²) in [7, 11) is 0. The number of carbonyl (C=O) groups is 2. The van der Waals surface area contributed by atoms with E-state index in [9.17, 15) is 22.8 Å². The molecule has 0 bridgehead atoms. The van der Waals surface area contributed by atoms with Crippen molar-refractivity contribution in [1.82, 2.24) is 25.2 Å². The molecular formula is C13H18F3N5O2. The Kier molecular flexibility index (Phi) is 5.22. The summed E-state index contributed by atoms with van der Waals surface area (Å²) in [5.41, 5.74) is 0.126. The first-order valence-corrected chi connectivity index (χ1v) is 7.32. The van der Waals surface area contributed by atoms with Crippen LogP contribution in [-0.4, -0.2) is 69.4 Å². The molecule has 2 amide bonds. The SMILES string of the molecule is CCN(CC(F)(F)F)C(=O)[C@@H]1CCCN(C(=O)c2cn[nH]n2)C1. The number of halogens is 3. The van der Waals surface area contributed by atoms with E-state index in [0.29, 0.717) is 19.4 Å². The van der Waals surface area contributed by atoms with Crippen molar-refractivity contribution in [3.05, 3.63) is 11.9 Å². The molecule has 128 valence electrons. The van der Waals surface area contributed by atoms with Gasteiger partial charge < -0.3 is 9.80 Å². The van der Waals surface area contributed by atoms with E-state index >= 15 is 0 Å². The third-order valence-electron chi connectivity index (χ3n) is 3.76. The number of hydrogen-bond donors (Lipinski definition) is 1. The zero-order chi connectivity index (χ0) is 17.0. The summed E-state index contributed by atoms with van der Waals surface area (Å²) >= 11 is 0. The number of likely N-dealkylation sites (tertiary alicyclic amines) is 1. The molecular weight excluding hydrogens is 315 g/mol. The van der Waals surface area contributed by atoms with Crippen molar-refractivity contribution in [2.24, 2.45) is 5.92 Å². The molecule has 0 radical (unpaired) electrons. The van der Waals surface area contributed by atoms with Gasteiger partial charge in [0.1, 0.15) is 6.54 Å². The molecule has 0 aromatic carbocycles. The van der Waals surface area contributed by atoms with Crippen LogP contribution in [0, 0.1) is 5.92 Å². The highest BCUT2D eigenvalue weighted by Gasteiger charge is 2.37. The third kappa shape index (κ3) is 4.42. The number of amides is 2. The van der Waals surface area contributed by atoms with Crippen LogP contribution in [0.25, 0.3) is 0 Å². The van der Waals surface area contributed by atoms with Gasteiger partial charge in [0.25, 0.3) is 5.91 Å². The van der Waals surface area contributed by atoms with Gasteiger partial charge in [-0.05, 0) is 19.8 Å². The van der Waals surface area contributed by atoms with E-state index in [1.807, 2.05) is 0 Å². The first kappa shape index (κ1) is 17.2. The molecule has 1 N–H and O–H groups in total. The van der Waals surface area contributed by atoms with Crippen LogP contribution in [0.1, 0.15) is 30.3 Å². The lowest BCUT2D eigenvalue weighted by molar-refractivity contribution is -0.164. The zero-order valence-corrected chi connectivity index (χ0v) is 12.6. The van der Waals surface area contributed by atoms with E-state index in [-0.39, 0.29) is 24.7 Å². The fourth-order valence-electron chi connectivity index (χ4n) is 2.65. The smallest absolute Gasteiger partial charge is 0.336 e. The van der Waals surface area contributed by atoms with Crippen LogP contribution in [0.4, 0.5) is 13.2 Å². The Bertz CT molecular complexity index is 546. The van der Waals surface area contributed by atoms with Crippen LogP contribution < -0.4 is 0 Å². The van der Waals surface area contributed by atoms with Gasteiger partial charge >= 0.3 is 6.18 Å². The Morgan fingerprint density at radius 1 is 1.48 bits per heavy atom. The van der Waals surface area contributed by atoms with Crippen LogP contribution in [-0.2, 0) is 4.79 Å². The Hall–Kier alpha value is -2.13. The van der Waals surface area contributed by atoms with Gasteiger partial charge in [-0.2, -0.15) is 28.6 Å². The third-order valence-corrected chi connectivity index (χ3v) is 3.76. The van der Waals surface area contributed by atoms with E-state index < -0.39 is 24.5 Å². The minimum Gasteiger partial charge on any atom is -0.336 e. The molecule has 2 heterocycles. The van der Waals surface area contributed by atoms with Gasteiger partial charge in [-0.25, -0.2) is 0 Å². The molecule has 2 rings (SSSR count).